The molecule has 0 saturated heterocycles. The van der Waals surface area contributed by atoms with Crippen molar-refractivity contribution in [3.05, 3.63) is 72.2 Å². The van der Waals surface area contributed by atoms with E-state index in [4.69, 9.17) is 14.1 Å². The Labute approximate surface area is 151 Å². The van der Waals surface area contributed by atoms with E-state index in [0.29, 0.717) is 29.5 Å². The largest absolute Gasteiger partial charge is 0.487 e. The topological polar surface area (TPSA) is 56.9 Å². The van der Waals surface area contributed by atoms with E-state index in [0.717, 1.165) is 12.0 Å². The van der Waals surface area contributed by atoms with Gasteiger partial charge in [-0.15, -0.1) is 0 Å². The summed E-state index contributed by atoms with van der Waals surface area (Å²) in [6.45, 7) is 2.66. The van der Waals surface area contributed by atoms with Crippen LogP contribution in [0.2, 0.25) is 0 Å². The molecule has 0 fully saturated rings. The zero-order valence-corrected chi connectivity index (χ0v) is 14.4. The number of hydrogen-bond donors (Lipinski definition) is 0. The first-order valence-corrected chi connectivity index (χ1v) is 8.36. The van der Waals surface area contributed by atoms with Crippen LogP contribution in [-0.4, -0.2) is 24.1 Å². The Morgan fingerprint density at radius 1 is 1.12 bits per heavy atom. The normalized spacial score (nSPS) is 11.4. The van der Waals surface area contributed by atoms with Crippen molar-refractivity contribution in [2.24, 2.45) is 5.16 Å². The molecular weight excluding hydrogens is 335 g/mol. The number of ether oxygens (including phenoxy) is 1. The van der Waals surface area contributed by atoms with Crippen LogP contribution < -0.4 is 4.74 Å². The van der Waals surface area contributed by atoms with Crippen LogP contribution in [0, 0.1) is 5.82 Å². The van der Waals surface area contributed by atoms with Gasteiger partial charge in [0.15, 0.2) is 11.5 Å². The summed E-state index contributed by atoms with van der Waals surface area (Å²) >= 11 is 0. The number of rotatable bonds is 8. The number of halogens is 1. The van der Waals surface area contributed by atoms with Crippen molar-refractivity contribution in [2.75, 3.05) is 13.2 Å². The van der Waals surface area contributed by atoms with E-state index in [9.17, 15) is 4.39 Å². The fraction of sp³-hybridized carbons (Fsp3) is 0.200. The van der Waals surface area contributed by atoms with E-state index in [1.54, 1.807) is 18.2 Å². The van der Waals surface area contributed by atoms with Crippen molar-refractivity contribution in [2.45, 2.75) is 13.3 Å². The predicted molar refractivity (Wildman–Crippen MR) is 96.6 cm³/mol. The van der Waals surface area contributed by atoms with Crippen LogP contribution in [0.15, 0.2) is 70.3 Å². The third-order valence-electron chi connectivity index (χ3n) is 3.52. The number of para-hydroxylation sites is 1. The molecule has 0 spiro atoms. The summed E-state index contributed by atoms with van der Waals surface area (Å²) in [6.07, 6.45) is 0.841. The summed E-state index contributed by atoms with van der Waals surface area (Å²) in [4.78, 5) is 5.29. The Kier molecular flexibility index (Phi) is 5.98. The van der Waals surface area contributed by atoms with Gasteiger partial charge in [-0.1, -0.05) is 35.4 Å². The second-order valence-corrected chi connectivity index (χ2v) is 5.56. The molecule has 0 radical (unpaired) electrons. The SMILES string of the molecule is CCCO/N=C(\COc1ccccc1)c1cc(-c2ccc(F)cc2)no1. The molecular formula is C20H19FN2O3. The van der Waals surface area contributed by atoms with Crippen LogP contribution >= 0.6 is 0 Å². The highest BCUT2D eigenvalue weighted by molar-refractivity contribution is 5.99. The van der Waals surface area contributed by atoms with E-state index in [1.807, 2.05) is 37.3 Å². The third kappa shape index (κ3) is 4.69. The lowest BCUT2D eigenvalue weighted by Gasteiger charge is -2.06. The van der Waals surface area contributed by atoms with Crippen LogP contribution in [-0.2, 0) is 4.84 Å². The summed E-state index contributed by atoms with van der Waals surface area (Å²) in [7, 11) is 0. The number of oxime groups is 1. The molecule has 26 heavy (non-hydrogen) atoms. The Bertz CT molecular complexity index is 845. The quantitative estimate of drug-likeness (QED) is 0.334. The van der Waals surface area contributed by atoms with Crippen molar-refractivity contribution in [1.29, 1.82) is 0 Å². The molecule has 0 aliphatic rings. The molecule has 3 aromatic rings. The maximum absolute atomic E-state index is 13.1. The third-order valence-corrected chi connectivity index (χ3v) is 3.52. The van der Waals surface area contributed by atoms with E-state index in [1.165, 1.54) is 12.1 Å². The van der Waals surface area contributed by atoms with E-state index < -0.39 is 0 Å². The number of hydrogen-bond acceptors (Lipinski definition) is 5. The van der Waals surface area contributed by atoms with E-state index >= 15 is 0 Å². The lowest BCUT2D eigenvalue weighted by atomic mass is 10.1. The highest BCUT2D eigenvalue weighted by Gasteiger charge is 2.14. The first kappa shape index (κ1) is 17.7. The van der Waals surface area contributed by atoms with Gasteiger partial charge in [0.05, 0.1) is 0 Å². The molecule has 2 aromatic carbocycles. The fourth-order valence-corrected chi connectivity index (χ4v) is 2.19. The van der Waals surface area contributed by atoms with E-state index in [2.05, 4.69) is 10.3 Å². The minimum atomic E-state index is -0.302. The molecule has 1 aromatic heterocycles. The predicted octanol–water partition coefficient (Wildman–Crippen LogP) is 4.69. The van der Waals surface area contributed by atoms with Crippen LogP contribution in [0.3, 0.4) is 0 Å². The first-order chi connectivity index (χ1) is 12.8. The lowest BCUT2D eigenvalue weighted by molar-refractivity contribution is 0.142. The molecule has 5 nitrogen and oxygen atoms in total. The smallest absolute Gasteiger partial charge is 0.188 e. The van der Waals surface area contributed by atoms with Crippen molar-refractivity contribution in [1.82, 2.24) is 5.16 Å². The standard InChI is InChI=1S/C20H19FN2O3/c1-2-12-25-22-19(14-24-17-6-4-3-5-7-17)20-13-18(23-26-20)15-8-10-16(21)11-9-15/h3-11,13H,2,12,14H2,1H3/b22-19+. The second kappa shape index (κ2) is 8.80. The number of aromatic nitrogens is 1. The van der Waals surface area contributed by atoms with Crippen LogP contribution in [0.5, 0.6) is 5.75 Å². The molecule has 0 N–H and O–H groups in total. The molecule has 0 saturated carbocycles. The summed E-state index contributed by atoms with van der Waals surface area (Å²) in [6, 6.07) is 17.2. The summed E-state index contributed by atoms with van der Waals surface area (Å²) in [5, 5.41) is 8.15. The van der Waals surface area contributed by atoms with Gasteiger partial charge in [0, 0.05) is 11.6 Å². The minimum Gasteiger partial charge on any atom is -0.487 e. The van der Waals surface area contributed by atoms with Gasteiger partial charge in [-0.3, -0.25) is 0 Å². The van der Waals surface area contributed by atoms with Gasteiger partial charge < -0.3 is 14.1 Å². The van der Waals surface area contributed by atoms with Gasteiger partial charge in [-0.2, -0.15) is 0 Å². The van der Waals surface area contributed by atoms with Crippen LogP contribution in [0.1, 0.15) is 19.1 Å². The highest BCUT2D eigenvalue weighted by Crippen LogP contribution is 2.20. The Morgan fingerprint density at radius 2 is 1.88 bits per heavy atom. The van der Waals surface area contributed by atoms with Gasteiger partial charge in [0.25, 0.3) is 0 Å². The summed E-state index contributed by atoms with van der Waals surface area (Å²) in [5.41, 5.74) is 1.82. The first-order valence-electron chi connectivity index (χ1n) is 8.36. The highest BCUT2D eigenvalue weighted by atomic mass is 19.1. The van der Waals surface area contributed by atoms with Crippen LogP contribution in [0.25, 0.3) is 11.3 Å². The number of nitrogens with zero attached hydrogens (tertiary/aromatic N) is 2. The molecule has 1 heterocycles. The Hall–Kier alpha value is -3.15. The van der Waals surface area contributed by atoms with Crippen molar-refractivity contribution in [3.63, 3.8) is 0 Å². The molecule has 0 aliphatic carbocycles. The summed E-state index contributed by atoms with van der Waals surface area (Å²) < 4.78 is 24.2. The average Bonchev–Trinajstić information content (AvgIpc) is 3.16. The zero-order valence-electron chi connectivity index (χ0n) is 14.4. The monoisotopic (exact) mass is 354 g/mol. The van der Waals surface area contributed by atoms with Gasteiger partial charge in [0.1, 0.15) is 30.5 Å². The molecule has 0 bridgehead atoms. The molecule has 0 unspecified atom stereocenters. The van der Waals surface area contributed by atoms with Crippen molar-refractivity contribution < 1.29 is 18.5 Å². The molecule has 134 valence electrons. The maximum Gasteiger partial charge on any atom is 0.188 e. The van der Waals surface area contributed by atoms with Gasteiger partial charge in [0.2, 0.25) is 0 Å². The Morgan fingerprint density at radius 3 is 2.62 bits per heavy atom. The van der Waals surface area contributed by atoms with Gasteiger partial charge >= 0.3 is 0 Å². The Balaban J connectivity index is 1.77. The number of benzene rings is 2. The molecule has 3 rings (SSSR count). The van der Waals surface area contributed by atoms with E-state index in [-0.39, 0.29) is 12.4 Å². The zero-order chi connectivity index (χ0) is 18.2. The van der Waals surface area contributed by atoms with Crippen molar-refractivity contribution in [3.8, 4) is 17.0 Å². The molecule has 0 aliphatic heterocycles. The van der Waals surface area contributed by atoms with Crippen LogP contribution in [0.4, 0.5) is 4.39 Å². The second-order valence-electron chi connectivity index (χ2n) is 5.56. The molecule has 0 amide bonds. The minimum absolute atomic E-state index is 0.172. The summed E-state index contributed by atoms with van der Waals surface area (Å²) in [5.74, 6) is 0.856. The molecule has 0 atom stereocenters. The van der Waals surface area contributed by atoms with Gasteiger partial charge in [-0.05, 0) is 42.8 Å². The van der Waals surface area contributed by atoms with Gasteiger partial charge in [-0.25, -0.2) is 4.39 Å². The maximum atomic E-state index is 13.1. The van der Waals surface area contributed by atoms with Crippen molar-refractivity contribution >= 4 is 5.71 Å². The lowest BCUT2D eigenvalue weighted by Crippen LogP contribution is -2.13. The average molecular weight is 354 g/mol. The molecule has 6 heteroatoms. The fourth-order valence-electron chi connectivity index (χ4n) is 2.19.